The van der Waals surface area contributed by atoms with E-state index >= 15 is 0 Å². The van der Waals surface area contributed by atoms with E-state index in [0.29, 0.717) is 17.5 Å². The molecule has 2 unspecified atom stereocenters. The van der Waals surface area contributed by atoms with Crippen LogP contribution in [0.3, 0.4) is 0 Å². The van der Waals surface area contributed by atoms with Crippen molar-refractivity contribution in [2.24, 2.45) is 16.3 Å². The van der Waals surface area contributed by atoms with Gasteiger partial charge in [0.25, 0.3) is 0 Å². The first-order valence-electron chi connectivity index (χ1n) is 8.24. The molecule has 0 aliphatic rings. The van der Waals surface area contributed by atoms with E-state index in [9.17, 15) is 14.9 Å². The molecule has 0 heterocycles. The van der Waals surface area contributed by atoms with Gasteiger partial charge in [0.2, 0.25) is 0 Å². The second-order valence-corrected chi connectivity index (χ2v) is 6.94. The van der Waals surface area contributed by atoms with E-state index in [1.54, 1.807) is 6.92 Å². The number of aliphatic hydroxyl groups excluding tert-OH is 1. The topological polar surface area (TPSA) is 79.1 Å². The molecule has 5 nitrogen and oxygen atoms in total. The summed E-state index contributed by atoms with van der Waals surface area (Å²) in [6.45, 7) is 11.4. The first-order chi connectivity index (χ1) is 11.8. The molecule has 0 amide bonds. The molecule has 1 rings (SSSR count). The van der Waals surface area contributed by atoms with Gasteiger partial charge >= 0.3 is 0 Å². The highest BCUT2D eigenvalue weighted by Gasteiger charge is 2.27. The lowest BCUT2D eigenvalue weighted by molar-refractivity contribution is 0.146. The van der Waals surface area contributed by atoms with Gasteiger partial charge in [-0.15, -0.1) is 9.81 Å². The van der Waals surface area contributed by atoms with Crippen LogP contribution < -0.4 is 0 Å². The maximum absolute atomic E-state index is 11.4. The lowest BCUT2D eigenvalue weighted by Gasteiger charge is -2.21. The van der Waals surface area contributed by atoms with Gasteiger partial charge in [0.05, 0.1) is 11.1 Å². The van der Waals surface area contributed by atoms with E-state index in [1.165, 1.54) is 11.6 Å². The number of nitrogens with zero attached hydrogens (tertiary/aromatic N) is 2. The van der Waals surface area contributed by atoms with Crippen molar-refractivity contribution in [3.05, 3.63) is 49.8 Å². The molecular weight excluding hydrogens is 340 g/mol. The summed E-state index contributed by atoms with van der Waals surface area (Å²) in [4.78, 5) is 22.7. The number of allylic oxidation sites excluding steroid dienone is 2. The summed E-state index contributed by atoms with van der Waals surface area (Å²) in [5, 5.41) is 16.7. The Hall–Kier alpha value is -1.85. The Morgan fingerprint density at radius 1 is 1.28 bits per heavy atom. The molecule has 0 fully saturated rings. The number of nitroso groups, excluding NO2 is 2. The highest BCUT2D eigenvalue weighted by molar-refractivity contribution is 6.34. The van der Waals surface area contributed by atoms with Crippen LogP contribution in [0.1, 0.15) is 62.8 Å². The maximum Gasteiger partial charge on any atom is 0.134 e. The van der Waals surface area contributed by atoms with Crippen LogP contribution in [0, 0.1) is 22.7 Å². The van der Waals surface area contributed by atoms with E-state index in [0.717, 1.165) is 12.8 Å². The molecule has 2 atom stereocenters. The molecule has 25 heavy (non-hydrogen) atoms. The normalized spacial score (nSPS) is 13.0. The third kappa shape index (κ3) is 5.06. The average Bonchev–Trinajstić information content (AvgIpc) is 2.55. The van der Waals surface area contributed by atoms with Crippen molar-refractivity contribution in [3.63, 3.8) is 0 Å². The van der Waals surface area contributed by atoms with Crippen molar-refractivity contribution in [1.29, 1.82) is 0 Å². The number of benzene rings is 1. The zero-order chi connectivity index (χ0) is 19.1. The van der Waals surface area contributed by atoms with Crippen LogP contribution in [-0.4, -0.2) is 5.11 Å². The highest BCUT2D eigenvalue weighted by Crippen LogP contribution is 2.46. The van der Waals surface area contributed by atoms with Crippen LogP contribution in [0.5, 0.6) is 0 Å². The summed E-state index contributed by atoms with van der Waals surface area (Å²) in [6.07, 6.45) is 4.68. The highest BCUT2D eigenvalue weighted by atomic mass is 35.5. The molecular formula is C19H25ClN2O3. The lowest BCUT2D eigenvalue weighted by Crippen LogP contribution is -2.07. The maximum atomic E-state index is 11.4. The summed E-state index contributed by atoms with van der Waals surface area (Å²) in [7, 11) is 0. The number of hydrogen-bond donors (Lipinski definition) is 1. The van der Waals surface area contributed by atoms with Crippen molar-refractivity contribution in [2.45, 2.75) is 53.1 Å². The van der Waals surface area contributed by atoms with Gasteiger partial charge in [-0.05, 0) is 61.9 Å². The Morgan fingerprint density at radius 3 is 2.36 bits per heavy atom. The SMILES string of the molecule is C=Cc1c(C)c(Cl)c(N=O)c(C(O)CC(C)CCC=C(C)C)c1N=O. The monoisotopic (exact) mass is 364 g/mol. The molecule has 0 bridgehead atoms. The van der Waals surface area contributed by atoms with Gasteiger partial charge in [-0.1, -0.05) is 42.8 Å². The van der Waals surface area contributed by atoms with Crippen LogP contribution >= 0.6 is 11.6 Å². The van der Waals surface area contributed by atoms with Crippen molar-refractivity contribution < 1.29 is 5.11 Å². The van der Waals surface area contributed by atoms with Gasteiger partial charge in [-0.2, -0.15) is 0 Å². The van der Waals surface area contributed by atoms with Crippen LogP contribution in [0.2, 0.25) is 5.02 Å². The number of hydrogen-bond acceptors (Lipinski definition) is 5. The van der Waals surface area contributed by atoms with E-state index < -0.39 is 6.10 Å². The molecule has 1 aromatic carbocycles. The minimum absolute atomic E-state index is 0.0181. The zero-order valence-corrected chi connectivity index (χ0v) is 15.9. The Labute approximate surface area is 153 Å². The molecule has 0 aromatic heterocycles. The molecule has 6 heteroatoms. The minimum Gasteiger partial charge on any atom is -0.388 e. The fourth-order valence-electron chi connectivity index (χ4n) is 2.88. The molecule has 0 aliphatic heterocycles. The van der Waals surface area contributed by atoms with Gasteiger partial charge < -0.3 is 5.11 Å². The summed E-state index contributed by atoms with van der Waals surface area (Å²) < 4.78 is 0. The first kappa shape index (κ1) is 21.2. The van der Waals surface area contributed by atoms with E-state index in [-0.39, 0.29) is 27.9 Å². The van der Waals surface area contributed by atoms with Crippen molar-refractivity contribution in [2.75, 3.05) is 0 Å². The summed E-state index contributed by atoms with van der Waals surface area (Å²) in [5.41, 5.74) is 2.10. The van der Waals surface area contributed by atoms with Gasteiger partial charge in [0, 0.05) is 11.1 Å². The van der Waals surface area contributed by atoms with Crippen molar-refractivity contribution >= 4 is 29.1 Å². The standard InChI is InChI=1S/C19H25ClN2O3/c1-6-14-13(5)17(20)19(22-25)16(18(14)21-24)15(23)10-12(4)9-7-8-11(2)3/h6,8,12,15,23H,1,7,9-10H2,2-5H3. The second-order valence-electron chi connectivity index (χ2n) is 6.57. The third-order valence-electron chi connectivity index (χ3n) is 4.26. The first-order valence-corrected chi connectivity index (χ1v) is 8.62. The molecule has 1 aromatic rings. The van der Waals surface area contributed by atoms with E-state index in [2.05, 4.69) is 23.0 Å². The van der Waals surface area contributed by atoms with E-state index in [1.807, 2.05) is 20.8 Å². The summed E-state index contributed by atoms with van der Waals surface area (Å²) in [6, 6.07) is 0. The minimum atomic E-state index is -1.06. The lowest BCUT2D eigenvalue weighted by atomic mass is 9.90. The Bertz CT molecular complexity index is 695. The zero-order valence-electron chi connectivity index (χ0n) is 15.2. The van der Waals surface area contributed by atoms with Gasteiger partial charge in [-0.3, -0.25) is 0 Å². The van der Waals surface area contributed by atoms with Crippen molar-refractivity contribution in [1.82, 2.24) is 0 Å². The fraction of sp³-hybridized carbons (Fsp3) is 0.474. The van der Waals surface area contributed by atoms with Crippen LogP contribution in [-0.2, 0) is 0 Å². The number of halogens is 1. The van der Waals surface area contributed by atoms with Gasteiger partial charge in [-0.25, -0.2) is 0 Å². The van der Waals surface area contributed by atoms with E-state index in [4.69, 9.17) is 11.6 Å². The van der Waals surface area contributed by atoms with Crippen molar-refractivity contribution in [3.8, 4) is 0 Å². The van der Waals surface area contributed by atoms with Crippen LogP contribution in [0.25, 0.3) is 6.08 Å². The predicted octanol–water partition coefficient (Wildman–Crippen LogP) is 6.89. The van der Waals surface area contributed by atoms with Crippen LogP contribution in [0.4, 0.5) is 11.4 Å². The largest absolute Gasteiger partial charge is 0.388 e. The second kappa shape index (κ2) is 9.59. The van der Waals surface area contributed by atoms with Gasteiger partial charge in [0.1, 0.15) is 11.4 Å². The molecule has 1 N–H and O–H groups in total. The average molecular weight is 365 g/mol. The Kier molecular flexibility index (Phi) is 8.13. The van der Waals surface area contributed by atoms with Crippen LogP contribution in [0.15, 0.2) is 28.6 Å². The number of aliphatic hydroxyl groups is 1. The third-order valence-corrected chi connectivity index (χ3v) is 4.73. The quantitative estimate of drug-likeness (QED) is 0.382. The molecule has 0 saturated heterocycles. The number of rotatable bonds is 9. The molecule has 0 radical (unpaired) electrons. The Morgan fingerprint density at radius 2 is 1.88 bits per heavy atom. The Balaban J connectivity index is 3.23. The smallest absolute Gasteiger partial charge is 0.134 e. The fourth-order valence-corrected chi connectivity index (χ4v) is 3.11. The molecule has 136 valence electrons. The molecule has 0 aliphatic carbocycles. The van der Waals surface area contributed by atoms with Gasteiger partial charge in [0.15, 0.2) is 0 Å². The summed E-state index contributed by atoms with van der Waals surface area (Å²) in [5.74, 6) is 0.178. The molecule has 0 spiro atoms. The predicted molar refractivity (Wildman–Crippen MR) is 105 cm³/mol. The summed E-state index contributed by atoms with van der Waals surface area (Å²) >= 11 is 6.21. The molecule has 0 saturated carbocycles.